The molecule has 0 unspecified atom stereocenters. The third-order valence-electron chi connectivity index (χ3n) is 2.72. The van der Waals surface area contributed by atoms with Gasteiger partial charge in [-0.25, -0.2) is 0 Å². The summed E-state index contributed by atoms with van der Waals surface area (Å²) in [6.45, 7) is 0. The van der Waals surface area contributed by atoms with Crippen LogP contribution in [0.3, 0.4) is 0 Å². The smallest absolute Gasteiger partial charge is 0.173 e. The van der Waals surface area contributed by atoms with Crippen LogP contribution in [-0.2, 0) is 0 Å². The number of para-hydroxylation sites is 1. The average Bonchev–Trinajstić information content (AvgIpc) is 2.46. The fourth-order valence-corrected chi connectivity index (χ4v) is 2.99. The molecule has 2 N–H and O–H groups in total. The van der Waals surface area contributed by atoms with Gasteiger partial charge >= 0.3 is 0 Å². The molecule has 104 valence electrons. The summed E-state index contributed by atoms with van der Waals surface area (Å²) in [5.74, 6) is 0.429. The van der Waals surface area contributed by atoms with E-state index >= 15 is 0 Å². The lowest BCUT2D eigenvalue weighted by Crippen LogP contribution is -2.02. The second kappa shape index (κ2) is 6.72. The van der Waals surface area contributed by atoms with Crippen LogP contribution in [0.25, 0.3) is 0 Å². The first-order chi connectivity index (χ1) is 9.61. The van der Waals surface area contributed by atoms with Crippen molar-refractivity contribution in [1.82, 2.24) is 0 Å². The van der Waals surface area contributed by atoms with Crippen molar-refractivity contribution in [2.45, 2.75) is 9.79 Å². The molecule has 0 spiro atoms. The van der Waals surface area contributed by atoms with Crippen LogP contribution < -0.4 is 0 Å². The number of phenols is 2. The van der Waals surface area contributed by atoms with E-state index in [9.17, 15) is 15.0 Å². The van der Waals surface area contributed by atoms with Crippen molar-refractivity contribution in [1.29, 1.82) is 0 Å². The largest absolute Gasteiger partial charge is 0.507 e. The van der Waals surface area contributed by atoms with Gasteiger partial charge in [0.05, 0.1) is 5.75 Å². The van der Waals surface area contributed by atoms with Crippen molar-refractivity contribution in [3.8, 4) is 11.5 Å². The number of phenolic OH excluding ortho intramolecular Hbond substituents is 2. The highest BCUT2D eigenvalue weighted by Crippen LogP contribution is 2.30. The van der Waals surface area contributed by atoms with Gasteiger partial charge in [-0.05, 0) is 36.6 Å². The summed E-state index contributed by atoms with van der Waals surface area (Å²) in [4.78, 5) is 13.5. The van der Waals surface area contributed by atoms with E-state index in [4.69, 9.17) is 0 Å². The van der Waals surface area contributed by atoms with Gasteiger partial charge in [-0.15, -0.1) is 23.5 Å². The molecule has 0 aliphatic rings. The molecule has 2 aromatic carbocycles. The van der Waals surface area contributed by atoms with Crippen molar-refractivity contribution in [2.75, 3.05) is 12.0 Å². The Kier molecular flexibility index (Phi) is 4.98. The zero-order chi connectivity index (χ0) is 14.5. The summed E-state index contributed by atoms with van der Waals surface area (Å²) in [7, 11) is 0. The van der Waals surface area contributed by atoms with Gasteiger partial charge in [0.1, 0.15) is 11.5 Å². The highest BCUT2D eigenvalue weighted by atomic mass is 32.2. The number of carbonyl (C=O) groups is 1. The number of benzene rings is 2. The number of hydrogen-bond acceptors (Lipinski definition) is 5. The Labute approximate surface area is 126 Å². The lowest BCUT2D eigenvalue weighted by Gasteiger charge is -2.06. The van der Waals surface area contributed by atoms with Crippen LogP contribution in [0.1, 0.15) is 10.4 Å². The van der Waals surface area contributed by atoms with Gasteiger partial charge in [0.25, 0.3) is 0 Å². The zero-order valence-electron chi connectivity index (χ0n) is 10.9. The number of hydrogen-bond donors (Lipinski definition) is 2. The lowest BCUT2D eigenvalue weighted by atomic mass is 10.1. The fraction of sp³-hybridized carbons (Fsp3) is 0.133. The molecule has 0 radical (unpaired) electrons. The van der Waals surface area contributed by atoms with Crippen LogP contribution in [0, 0.1) is 0 Å². The van der Waals surface area contributed by atoms with E-state index in [2.05, 4.69) is 0 Å². The van der Waals surface area contributed by atoms with Crippen LogP contribution in [0.4, 0.5) is 0 Å². The van der Waals surface area contributed by atoms with Crippen molar-refractivity contribution in [3.05, 3.63) is 48.0 Å². The average molecular weight is 306 g/mol. The molecular weight excluding hydrogens is 292 g/mol. The maximum Gasteiger partial charge on any atom is 0.173 e. The van der Waals surface area contributed by atoms with E-state index in [0.29, 0.717) is 10.5 Å². The summed E-state index contributed by atoms with van der Waals surface area (Å²) in [5.41, 5.74) is 0.475. The first-order valence-electron chi connectivity index (χ1n) is 5.93. The maximum absolute atomic E-state index is 12.1. The molecule has 2 rings (SSSR count). The number of rotatable bonds is 5. The van der Waals surface area contributed by atoms with Gasteiger partial charge in [-0.1, -0.05) is 12.1 Å². The van der Waals surface area contributed by atoms with E-state index in [1.165, 1.54) is 29.6 Å². The summed E-state index contributed by atoms with van der Waals surface area (Å²) in [5, 5.41) is 19.4. The number of carbonyl (C=O) groups excluding carboxylic acids is 1. The molecule has 0 heterocycles. The molecule has 0 aliphatic carbocycles. The van der Waals surface area contributed by atoms with Gasteiger partial charge in [0.15, 0.2) is 5.78 Å². The lowest BCUT2D eigenvalue weighted by molar-refractivity contribution is 0.102. The molecule has 0 saturated carbocycles. The van der Waals surface area contributed by atoms with E-state index < -0.39 is 0 Å². The summed E-state index contributed by atoms with van der Waals surface area (Å²) in [6.07, 6.45) is 1.87. The van der Waals surface area contributed by atoms with E-state index in [1.807, 2.05) is 12.3 Å². The minimum atomic E-state index is -0.0822. The SMILES string of the molecule is CSc1ccc(C(=O)CSc2ccccc2O)cc1O. The predicted molar refractivity (Wildman–Crippen MR) is 83.0 cm³/mol. The van der Waals surface area contributed by atoms with Crippen molar-refractivity contribution in [3.63, 3.8) is 0 Å². The highest BCUT2D eigenvalue weighted by Gasteiger charge is 2.10. The van der Waals surface area contributed by atoms with E-state index in [-0.39, 0.29) is 23.0 Å². The molecular formula is C15H14O3S2. The van der Waals surface area contributed by atoms with Crippen LogP contribution in [0.2, 0.25) is 0 Å². The molecule has 3 nitrogen and oxygen atoms in total. The Balaban J connectivity index is 2.05. The van der Waals surface area contributed by atoms with Crippen molar-refractivity contribution < 1.29 is 15.0 Å². The molecule has 0 bridgehead atoms. The summed E-state index contributed by atoms with van der Waals surface area (Å²) < 4.78 is 0. The monoisotopic (exact) mass is 306 g/mol. The van der Waals surface area contributed by atoms with E-state index in [1.54, 1.807) is 30.3 Å². The fourth-order valence-electron chi connectivity index (χ4n) is 1.67. The quantitative estimate of drug-likeness (QED) is 0.650. The standard InChI is InChI=1S/C15H14O3S2/c1-19-14-7-6-10(8-12(14)17)13(18)9-20-15-5-3-2-4-11(15)16/h2-8,16-17H,9H2,1H3. The van der Waals surface area contributed by atoms with Gasteiger partial charge in [0.2, 0.25) is 0 Å². The number of aromatic hydroxyl groups is 2. The number of ketones is 1. The van der Waals surface area contributed by atoms with Crippen LogP contribution in [0.15, 0.2) is 52.3 Å². The molecule has 2 aromatic rings. The third kappa shape index (κ3) is 3.49. The topological polar surface area (TPSA) is 57.5 Å². The first kappa shape index (κ1) is 14.8. The first-order valence-corrected chi connectivity index (χ1v) is 8.14. The normalized spacial score (nSPS) is 10.4. The van der Waals surface area contributed by atoms with Crippen LogP contribution in [-0.4, -0.2) is 28.0 Å². The highest BCUT2D eigenvalue weighted by molar-refractivity contribution is 8.00. The molecule has 5 heteroatoms. The Morgan fingerprint density at radius 1 is 1.05 bits per heavy atom. The molecule has 0 amide bonds. The summed E-state index contributed by atoms with van der Waals surface area (Å²) >= 11 is 2.71. The van der Waals surface area contributed by atoms with Crippen molar-refractivity contribution >= 4 is 29.3 Å². The molecule has 0 aromatic heterocycles. The van der Waals surface area contributed by atoms with Crippen LogP contribution >= 0.6 is 23.5 Å². The van der Waals surface area contributed by atoms with Gasteiger partial charge in [-0.3, -0.25) is 4.79 Å². The zero-order valence-corrected chi connectivity index (χ0v) is 12.5. The molecule has 0 fully saturated rings. The van der Waals surface area contributed by atoms with Crippen LogP contribution in [0.5, 0.6) is 11.5 Å². The molecule has 0 aliphatic heterocycles. The van der Waals surface area contributed by atoms with Gasteiger partial charge in [-0.2, -0.15) is 0 Å². The molecule has 0 saturated heterocycles. The maximum atomic E-state index is 12.1. The number of thioether (sulfide) groups is 2. The Bertz CT molecular complexity index is 626. The minimum absolute atomic E-state index is 0.0822. The van der Waals surface area contributed by atoms with Gasteiger partial charge in [0, 0.05) is 15.4 Å². The number of Topliss-reactive ketones (excluding diaryl/α,β-unsaturated/α-hetero) is 1. The Morgan fingerprint density at radius 3 is 2.45 bits per heavy atom. The Hall–Kier alpha value is -1.59. The van der Waals surface area contributed by atoms with Crippen molar-refractivity contribution in [2.24, 2.45) is 0 Å². The minimum Gasteiger partial charge on any atom is -0.507 e. The second-order valence-corrected chi connectivity index (χ2v) is 5.93. The summed E-state index contributed by atoms with van der Waals surface area (Å²) in [6, 6.07) is 11.8. The Morgan fingerprint density at radius 2 is 1.80 bits per heavy atom. The molecule has 0 atom stereocenters. The molecule has 20 heavy (non-hydrogen) atoms. The second-order valence-electron chi connectivity index (χ2n) is 4.07. The predicted octanol–water partition coefficient (Wildman–Crippen LogP) is 3.79. The van der Waals surface area contributed by atoms with Gasteiger partial charge < -0.3 is 10.2 Å². The van der Waals surface area contributed by atoms with E-state index in [0.717, 1.165) is 4.90 Å². The third-order valence-corrected chi connectivity index (χ3v) is 4.57.